The smallest absolute Gasteiger partial charge is 0.224 e. The third-order valence-corrected chi connectivity index (χ3v) is 3.46. The van der Waals surface area contributed by atoms with Crippen LogP contribution in [-0.4, -0.2) is 61.2 Å². The van der Waals surface area contributed by atoms with Gasteiger partial charge in [0.2, 0.25) is 5.91 Å². The van der Waals surface area contributed by atoms with Crippen molar-refractivity contribution < 1.29 is 9.90 Å². The minimum absolute atomic E-state index is 0.0442. The van der Waals surface area contributed by atoms with Gasteiger partial charge in [0.1, 0.15) is 0 Å². The fraction of sp³-hybridized carbons (Fsp3) is 0.917. The molecule has 0 aliphatic carbocycles. The van der Waals surface area contributed by atoms with Crippen LogP contribution in [0.15, 0.2) is 0 Å². The van der Waals surface area contributed by atoms with Crippen molar-refractivity contribution >= 4 is 5.91 Å². The number of piperidine rings is 1. The summed E-state index contributed by atoms with van der Waals surface area (Å²) in [5, 5.41) is 8.68. The van der Waals surface area contributed by atoms with Crippen molar-refractivity contribution in [1.29, 1.82) is 0 Å². The summed E-state index contributed by atoms with van der Waals surface area (Å²) < 4.78 is 0. The van der Waals surface area contributed by atoms with E-state index in [2.05, 4.69) is 11.9 Å². The summed E-state index contributed by atoms with van der Waals surface area (Å²) in [6.45, 7) is 3.14. The molecule has 0 spiro atoms. The van der Waals surface area contributed by atoms with E-state index in [9.17, 15) is 4.79 Å². The molecule has 0 unspecified atom stereocenters. The topological polar surface area (TPSA) is 43.8 Å². The molecule has 4 nitrogen and oxygen atoms in total. The van der Waals surface area contributed by atoms with Gasteiger partial charge in [-0.15, -0.1) is 0 Å². The van der Waals surface area contributed by atoms with E-state index in [1.807, 2.05) is 7.05 Å². The van der Waals surface area contributed by atoms with Gasteiger partial charge in [0, 0.05) is 20.0 Å². The molecule has 0 bridgehead atoms. The molecule has 1 rings (SSSR count). The Bertz CT molecular complexity index is 213. The van der Waals surface area contributed by atoms with Crippen LogP contribution in [0.25, 0.3) is 0 Å². The standard InChI is InChI=1S/C12H24N2O2/c1-13-7-3-11(4-8-13)5-9-14(2)12(16)6-10-15/h11,15H,3-10H2,1-2H3. The molecule has 16 heavy (non-hydrogen) atoms. The second kappa shape index (κ2) is 6.86. The monoisotopic (exact) mass is 228 g/mol. The van der Waals surface area contributed by atoms with E-state index in [0.717, 1.165) is 18.9 Å². The number of likely N-dealkylation sites (tertiary alicyclic amines) is 1. The van der Waals surface area contributed by atoms with E-state index in [1.165, 1.54) is 25.9 Å². The number of rotatable bonds is 5. The number of aliphatic hydroxyl groups is 1. The lowest BCUT2D eigenvalue weighted by Gasteiger charge is -2.30. The molecular formula is C12H24N2O2. The number of carbonyl (C=O) groups is 1. The summed E-state index contributed by atoms with van der Waals surface area (Å²) >= 11 is 0. The Balaban J connectivity index is 2.16. The molecule has 0 aromatic carbocycles. The van der Waals surface area contributed by atoms with Crippen molar-refractivity contribution in [3.05, 3.63) is 0 Å². The Morgan fingerprint density at radius 3 is 2.62 bits per heavy atom. The molecule has 1 amide bonds. The molecule has 0 radical (unpaired) electrons. The number of nitrogens with zero attached hydrogens (tertiary/aromatic N) is 2. The predicted molar refractivity (Wildman–Crippen MR) is 64.2 cm³/mol. The molecule has 0 aromatic rings. The highest BCUT2D eigenvalue weighted by atomic mass is 16.3. The number of amides is 1. The molecule has 0 atom stereocenters. The predicted octanol–water partition coefficient (Wildman–Crippen LogP) is 0.559. The second-order valence-electron chi connectivity index (χ2n) is 4.82. The van der Waals surface area contributed by atoms with Gasteiger partial charge in [-0.1, -0.05) is 0 Å². The summed E-state index contributed by atoms with van der Waals surface area (Å²) in [5.74, 6) is 0.816. The van der Waals surface area contributed by atoms with Crippen molar-refractivity contribution in [3.8, 4) is 0 Å². The van der Waals surface area contributed by atoms with Crippen LogP contribution in [0.3, 0.4) is 0 Å². The lowest BCUT2D eigenvalue weighted by molar-refractivity contribution is -0.130. The first kappa shape index (κ1) is 13.5. The van der Waals surface area contributed by atoms with Crippen molar-refractivity contribution in [3.63, 3.8) is 0 Å². The molecular weight excluding hydrogens is 204 g/mol. The van der Waals surface area contributed by atoms with Gasteiger partial charge in [-0.05, 0) is 45.3 Å². The second-order valence-corrected chi connectivity index (χ2v) is 4.82. The Morgan fingerprint density at radius 1 is 1.44 bits per heavy atom. The number of carbonyl (C=O) groups excluding carboxylic acids is 1. The van der Waals surface area contributed by atoms with Crippen LogP contribution in [0.4, 0.5) is 0 Å². The van der Waals surface area contributed by atoms with E-state index >= 15 is 0 Å². The fourth-order valence-electron chi connectivity index (χ4n) is 2.14. The third kappa shape index (κ3) is 4.49. The minimum Gasteiger partial charge on any atom is -0.396 e. The molecule has 1 fully saturated rings. The quantitative estimate of drug-likeness (QED) is 0.748. The van der Waals surface area contributed by atoms with Crippen LogP contribution >= 0.6 is 0 Å². The zero-order valence-electron chi connectivity index (χ0n) is 10.5. The SMILES string of the molecule is CN1CCC(CCN(C)C(=O)CCO)CC1. The average Bonchev–Trinajstić information content (AvgIpc) is 2.28. The molecule has 94 valence electrons. The van der Waals surface area contributed by atoms with Crippen LogP contribution < -0.4 is 0 Å². The summed E-state index contributed by atoms with van der Waals surface area (Å²) in [6, 6.07) is 0. The maximum absolute atomic E-state index is 11.4. The first-order chi connectivity index (χ1) is 7.63. The van der Waals surface area contributed by atoms with Crippen molar-refractivity contribution in [1.82, 2.24) is 9.80 Å². The molecule has 1 heterocycles. The van der Waals surface area contributed by atoms with Crippen LogP contribution in [-0.2, 0) is 4.79 Å². The maximum Gasteiger partial charge on any atom is 0.224 e. The third-order valence-electron chi connectivity index (χ3n) is 3.46. The van der Waals surface area contributed by atoms with Crippen molar-refractivity contribution in [2.45, 2.75) is 25.7 Å². The first-order valence-electron chi connectivity index (χ1n) is 6.17. The van der Waals surface area contributed by atoms with Crippen LogP contribution in [0.5, 0.6) is 0 Å². The van der Waals surface area contributed by atoms with Crippen LogP contribution in [0.1, 0.15) is 25.7 Å². The van der Waals surface area contributed by atoms with Gasteiger partial charge in [-0.3, -0.25) is 4.79 Å². The molecule has 0 saturated carbocycles. The van der Waals surface area contributed by atoms with E-state index in [4.69, 9.17) is 5.11 Å². The normalized spacial score (nSPS) is 18.7. The molecule has 0 aromatic heterocycles. The number of aliphatic hydroxyl groups excluding tert-OH is 1. The Morgan fingerprint density at radius 2 is 2.06 bits per heavy atom. The highest BCUT2D eigenvalue weighted by Crippen LogP contribution is 2.19. The van der Waals surface area contributed by atoms with E-state index in [1.54, 1.807) is 4.90 Å². The van der Waals surface area contributed by atoms with Gasteiger partial charge < -0.3 is 14.9 Å². The highest BCUT2D eigenvalue weighted by Gasteiger charge is 2.17. The number of hydrogen-bond donors (Lipinski definition) is 1. The Hall–Kier alpha value is -0.610. The average molecular weight is 228 g/mol. The minimum atomic E-state index is -0.0442. The van der Waals surface area contributed by atoms with Crippen molar-refractivity contribution in [2.24, 2.45) is 5.92 Å². The van der Waals surface area contributed by atoms with Gasteiger partial charge in [-0.25, -0.2) is 0 Å². The summed E-state index contributed by atoms with van der Waals surface area (Å²) in [4.78, 5) is 15.5. The summed E-state index contributed by atoms with van der Waals surface area (Å²) in [6.07, 6.45) is 3.85. The lowest BCUT2D eigenvalue weighted by atomic mass is 9.94. The zero-order valence-corrected chi connectivity index (χ0v) is 10.5. The van der Waals surface area contributed by atoms with E-state index in [-0.39, 0.29) is 18.9 Å². The molecule has 1 saturated heterocycles. The lowest BCUT2D eigenvalue weighted by Crippen LogP contribution is -2.33. The van der Waals surface area contributed by atoms with Crippen LogP contribution in [0, 0.1) is 5.92 Å². The molecule has 4 heteroatoms. The summed E-state index contributed by atoms with van der Waals surface area (Å²) in [7, 11) is 3.99. The Labute approximate surface area is 98.2 Å². The largest absolute Gasteiger partial charge is 0.396 e. The number of hydrogen-bond acceptors (Lipinski definition) is 3. The molecule has 1 aliphatic rings. The van der Waals surface area contributed by atoms with E-state index in [0.29, 0.717) is 0 Å². The fourth-order valence-corrected chi connectivity index (χ4v) is 2.14. The van der Waals surface area contributed by atoms with E-state index < -0.39 is 0 Å². The zero-order chi connectivity index (χ0) is 12.0. The first-order valence-corrected chi connectivity index (χ1v) is 6.17. The van der Waals surface area contributed by atoms with Gasteiger partial charge in [-0.2, -0.15) is 0 Å². The maximum atomic E-state index is 11.4. The van der Waals surface area contributed by atoms with Gasteiger partial charge in [0.05, 0.1) is 6.61 Å². The highest BCUT2D eigenvalue weighted by molar-refractivity contribution is 5.75. The summed E-state index contributed by atoms with van der Waals surface area (Å²) in [5.41, 5.74) is 0. The van der Waals surface area contributed by atoms with Gasteiger partial charge >= 0.3 is 0 Å². The van der Waals surface area contributed by atoms with Crippen molar-refractivity contribution in [2.75, 3.05) is 40.3 Å². The van der Waals surface area contributed by atoms with Crippen LogP contribution in [0.2, 0.25) is 0 Å². The molecule has 1 N–H and O–H groups in total. The van der Waals surface area contributed by atoms with Gasteiger partial charge in [0.25, 0.3) is 0 Å². The molecule has 1 aliphatic heterocycles. The Kier molecular flexibility index (Phi) is 5.77. The van der Waals surface area contributed by atoms with Gasteiger partial charge in [0.15, 0.2) is 0 Å².